The SMILES string of the molecule is CC.COC(=O)Cc1cnc(Cc2ccc(NC(=O)c3ccc4ccccc4c3)cc2)nc1N(C)N. The second-order valence-electron chi connectivity index (χ2n) is 7.89. The molecule has 186 valence electrons. The predicted molar refractivity (Wildman–Crippen MR) is 143 cm³/mol. The molecule has 1 amide bonds. The van der Waals surface area contributed by atoms with E-state index in [0.717, 1.165) is 16.3 Å². The first-order chi connectivity index (χ1) is 17.4. The van der Waals surface area contributed by atoms with Gasteiger partial charge in [0.2, 0.25) is 0 Å². The highest BCUT2D eigenvalue weighted by Gasteiger charge is 2.14. The predicted octanol–water partition coefficient (Wildman–Crippen LogP) is 4.52. The van der Waals surface area contributed by atoms with Crippen molar-refractivity contribution in [1.29, 1.82) is 0 Å². The van der Waals surface area contributed by atoms with Crippen molar-refractivity contribution >= 4 is 34.2 Å². The third-order valence-corrected chi connectivity index (χ3v) is 5.37. The van der Waals surface area contributed by atoms with E-state index in [4.69, 9.17) is 10.6 Å². The average Bonchev–Trinajstić information content (AvgIpc) is 2.91. The third kappa shape index (κ3) is 6.64. The highest BCUT2D eigenvalue weighted by atomic mass is 16.5. The molecule has 3 aromatic carbocycles. The van der Waals surface area contributed by atoms with Gasteiger partial charge in [0.1, 0.15) is 11.6 Å². The Morgan fingerprint density at radius 2 is 1.69 bits per heavy atom. The van der Waals surface area contributed by atoms with Crippen LogP contribution in [-0.4, -0.2) is 36.0 Å². The number of carbonyl (C=O) groups excluding carboxylic acids is 2. The van der Waals surface area contributed by atoms with Crippen LogP contribution >= 0.6 is 0 Å². The molecule has 1 heterocycles. The molecular formula is C28H31N5O3. The number of anilines is 2. The summed E-state index contributed by atoms with van der Waals surface area (Å²) in [6.45, 7) is 4.00. The summed E-state index contributed by atoms with van der Waals surface area (Å²) in [6, 6.07) is 21.1. The molecule has 0 radical (unpaired) electrons. The largest absolute Gasteiger partial charge is 0.469 e. The van der Waals surface area contributed by atoms with E-state index in [-0.39, 0.29) is 18.3 Å². The van der Waals surface area contributed by atoms with E-state index in [0.29, 0.717) is 34.9 Å². The number of esters is 1. The summed E-state index contributed by atoms with van der Waals surface area (Å²) >= 11 is 0. The van der Waals surface area contributed by atoms with Crippen LogP contribution in [0, 0.1) is 0 Å². The number of rotatable bonds is 7. The van der Waals surface area contributed by atoms with Crippen LogP contribution in [0.25, 0.3) is 10.8 Å². The number of carbonyl (C=O) groups is 2. The molecule has 0 atom stereocenters. The number of fused-ring (bicyclic) bond motifs is 1. The Kier molecular flexibility index (Phi) is 9.07. The topological polar surface area (TPSA) is 110 Å². The minimum absolute atomic E-state index is 0.0409. The van der Waals surface area contributed by atoms with E-state index in [1.807, 2.05) is 80.6 Å². The highest BCUT2D eigenvalue weighted by molar-refractivity contribution is 6.06. The summed E-state index contributed by atoms with van der Waals surface area (Å²) in [7, 11) is 2.98. The van der Waals surface area contributed by atoms with Crippen molar-refractivity contribution in [1.82, 2.24) is 9.97 Å². The number of hydrogen-bond acceptors (Lipinski definition) is 7. The number of nitrogens with two attached hydrogens (primary N) is 1. The summed E-state index contributed by atoms with van der Waals surface area (Å²) in [6.07, 6.45) is 2.10. The van der Waals surface area contributed by atoms with Crippen molar-refractivity contribution in [2.45, 2.75) is 26.7 Å². The van der Waals surface area contributed by atoms with Crippen molar-refractivity contribution < 1.29 is 14.3 Å². The van der Waals surface area contributed by atoms with E-state index in [2.05, 4.69) is 15.3 Å². The van der Waals surface area contributed by atoms with E-state index in [9.17, 15) is 9.59 Å². The molecule has 1 aromatic heterocycles. The van der Waals surface area contributed by atoms with Gasteiger partial charge in [0.15, 0.2) is 0 Å². The lowest BCUT2D eigenvalue weighted by Crippen LogP contribution is -2.28. The number of ether oxygens (including phenoxy) is 1. The number of nitrogens with one attached hydrogen (secondary N) is 1. The number of aromatic nitrogens is 2. The number of hydrogen-bond donors (Lipinski definition) is 2. The summed E-state index contributed by atoms with van der Waals surface area (Å²) in [4.78, 5) is 33.2. The van der Waals surface area contributed by atoms with Crippen LogP contribution in [0.3, 0.4) is 0 Å². The maximum absolute atomic E-state index is 12.7. The zero-order chi connectivity index (χ0) is 26.1. The Bertz CT molecular complexity index is 1340. The van der Waals surface area contributed by atoms with Gasteiger partial charge in [-0.1, -0.05) is 56.3 Å². The van der Waals surface area contributed by atoms with Gasteiger partial charge in [0.25, 0.3) is 5.91 Å². The molecule has 0 fully saturated rings. The molecule has 4 rings (SSSR count). The third-order valence-electron chi connectivity index (χ3n) is 5.37. The number of methoxy groups -OCH3 is 1. The second-order valence-corrected chi connectivity index (χ2v) is 7.89. The van der Waals surface area contributed by atoms with Crippen LogP contribution in [0.1, 0.15) is 41.2 Å². The zero-order valence-electron chi connectivity index (χ0n) is 21.0. The molecule has 4 aromatic rings. The van der Waals surface area contributed by atoms with Crippen LogP contribution in [-0.2, 0) is 22.4 Å². The normalized spacial score (nSPS) is 10.2. The van der Waals surface area contributed by atoms with Crippen molar-refractivity contribution in [2.75, 3.05) is 24.5 Å². The van der Waals surface area contributed by atoms with E-state index >= 15 is 0 Å². The number of benzene rings is 3. The molecule has 0 bridgehead atoms. The summed E-state index contributed by atoms with van der Waals surface area (Å²) in [5.74, 6) is 6.36. The quantitative estimate of drug-likeness (QED) is 0.225. The maximum Gasteiger partial charge on any atom is 0.310 e. The van der Waals surface area contributed by atoms with Crippen molar-refractivity contribution in [3.05, 3.63) is 95.4 Å². The van der Waals surface area contributed by atoms with Crippen LogP contribution < -0.4 is 16.2 Å². The van der Waals surface area contributed by atoms with Crippen molar-refractivity contribution in [2.24, 2.45) is 5.84 Å². The van der Waals surface area contributed by atoms with Gasteiger partial charge in [0.05, 0.1) is 13.5 Å². The molecule has 0 saturated heterocycles. The van der Waals surface area contributed by atoms with Crippen LogP contribution in [0.5, 0.6) is 0 Å². The first kappa shape index (κ1) is 26.3. The Balaban J connectivity index is 0.00000176. The van der Waals surface area contributed by atoms with Gasteiger partial charge in [0, 0.05) is 36.5 Å². The van der Waals surface area contributed by atoms with Gasteiger partial charge < -0.3 is 10.1 Å². The molecule has 0 aliphatic carbocycles. The van der Waals surface area contributed by atoms with Gasteiger partial charge >= 0.3 is 5.97 Å². The molecule has 0 aliphatic rings. The molecule has 8 heteroatoms. The van der Waals surface area contributed by atoms with Gasteiger partial charge in [-0.25, -0.2) is 15.8 Å². The molecule has 0 spiro atoms. The number of amides is 1. The van der Waals surface area contributed by atoms with Crippen molar-refractivity contribution in [3.8, 4) is 0 Å². The molecule has 0 unspecified atom stereocenters. The van der Waals surface area contributed by atoms with Crippen LogP contribution in [0.4, 0.5) is 11.5 Å². The second kappa shape index (κ2) is 12.4. The highest BCUT2D eigenvalue weighted by Crippen LogP contribution is 2.19. The Hall–Kier alpha value is -4.30. The fourth-order valence-electron chi connectivity index (χ4n) is 3.60. The summed E-state index contributed by atoms with van der Waals surface area (Å²) < 4.78 is 4.72. The number of hydrazine groups is 1. The van der Waals surface area contributed by atoms with Crippen LogP contribution in [0.15, 0.2) is 72.9 Å². The Labute approximate surface area is 211 Å². The molecule has 3 N–H and O–H groups in total. The minimum Gasteiger partial charge on any atom is -0.469 e. The first-order valence-electron chi connectivity index (χ1n) is 11.7. The summed E-state index contributed by atoms with van der Waals surface area (Å²) in [5.41, 5.74) is 2.85. The first-order valence-corrected chi connectivity index (χ1v) is 11.7. The van der Waals surface area contributed by atoms with E-state index < -0.39 is 0 Å². The zero-order valence-corrected chi connectivity index (χ0v) is 21.0. The van der Waals surface area contributed by atoms with Crippen LogP contribution in [0.2, 0.25) is 0 Å². The average molecular weight is 486 g/mol. The van der Waals surface area contributed by atoms with Gasteiger partial charge in [-0.3, -0.25) is 14.6 Å². The van der Waals surface area contributed by atoms with E-state index in [1.165, 1.54) is 12.1 Å². The monoisotopic (exact) mass is 485 g/mol. The fourth-order valence-corrected chi connectivity index (χ4v) is 3.60. The molecule has 36 heavy (non-hydrogen) atoms. The minimum atomic E-state index is -0.388. The molecule has 8 nitrogen and oxygen atoms in total. The lowest BCUT2D eigenvalue weighted by Gasteiger charge is -2.16. The van der Waals surface area contributed by atoms with Gasteiger partial charge in [-0.2, -0.15) is 0 Å². The molecular weight excluding hydrogens is 454 g/mol. The smallest absolute Gasteiger partial charge is 0.310 e. The van der Waals surface area contributed by atoms with E-state index in [1.54, 1.807) is 13.2 Å². The molecule has 0 aliphatic heterocycles. The maximum atomic E-state index is 12.7. The Morgan fingerprint density at radius 3 is 2.36 bits per heavy atom. The summed E-state index contributed by atoms with van der Waals surface area (Å²) in [5, 5.41) is 6.40. The number of nitrogens with zero attached hydrogens (tertiary/aromatic N) is 3. The lowest BCUT2D eigenvalue weighted by atomic mass is 10.1. The fraction of sp³-hybridized carbons (Fsp3) is 0.214. The molecule has 0 saturated carbocycles. The van der Waals surface area contributed by atoms with Gasteiger partial charge in [-0.15, -0.1) is 0 Å². The standard InChI is InChI=1S/C26H25N5O3.C2H6/c1-31(27)25-21(15-24(32)34-2)16-28-23(30-25)13-17-7-11-22(12-8-17)29-26(33)20-10-9-18-5-3-4-6-19(18)14-20;1-2/h3-12,14,16H,13,15,27H2,1-2H3,(H,29,33);1-2H3. The lowest BCUT2D eigenvalue weighted by molar-refractivity contribution is -0.139. The van der Waals surface area contributed by atoms with Crippen molar-refractivity contribution in [3.63, 3.8) is 0 Å². The Morgan fingerprint density at radius 1 is 1.00 bits per heavy atom. The van der Waals surface area contributed by atoms with Gasteiger partial charge in [-0.05, 0) is 40.6 Å².